The van der Waals surface area contributed by atoms with Gasteiger partial charge >= 0.3 is 0 Å². The van der Waals surface area contributed by atoms with Crippen LogP contribution in [0.15, 0.2) is 24.3 Å². The molecule has 1 aromatic carbocycles. The molecule has 1 fully saturated rings. The Bertz CT molecular complexity index is 363. The lowest BCUT2D eigenvalue weighted by molar-refractivity contribution is 0.211. The number of rotatable bonds is 7. The van der Waals surface area contributed by atoms with Gasteiger partial charge in [-0.05, 0) is 50.0 Å². The molecule has 1 saturated heterocycles. The standard InChI is InChI=1S/C16H26N2O.ClH/c1-3-11-18(15-8-10-17-13-15)12-9-14-4-6-16(19-2)7-5-14;/h4-7,15,17H,3,8-13H2,1-2H3;1H. The van der Waals surface area contributed by atoms with Crippen LogP contribution in [0, 0.1) is 0 Å². The summed E-state index contributed by atoms with van der Waals surface area (Å²) >= 11 is 0. The summed E-state index contributed by atoms with van der Waals surface area (Å²) in [5, 5.41) is 3.47. The first-order valence-corrected chi connectivity index (χ1v) is 7.41. The van der Waals surface area contributed by atoms with Crippen LogP contribution in [0.1, 0.15) is 25.3 Å². The number of methoxy groups -OCH3 is 1. The van der Waals surface area contributed by atoms with Gasteiger partial charge in [0, 0.05) is 19.1 Å². The van der Waals surface area contributed by atoms with Crippen LogP contribution < -0.4 is 10.1 Å². The summed E-state index contributed by atoms with van der Waals surface area (Å²) in [6.45, 7) is 6.97. The number of benzene rings is 1. The molecule has 3 nitrogen and oxygen atoms in total. The third-order valence-electron chi connectivity index (χ3n) is 3.91. The second-order valence-electron chi connectivity index (χ2n) is 5.28. The van der Waals surface area contributed by atoms with Crippen molar-refractivity contribution in [3.8, 4) is 5.75 Å². The van der Waals surface area contributed by atoms with Gasteiger partial charge in [-0.3, -0.25) is 4.90 Å². The van der Waals surface area contributed by atoms with E-state index in [2.05, 4.69) is 41.4 Å². The summed E-state index contributed by atoms with van der Waals surface area (Å²) < 4.78 is 5.20. The number of hydrogen-bond donors (Lipinski definition) is 1. The van der Waals surface area contributed by atoms with Gasteiger partial charge in [0.1, 0.15) is 5.75 Å². The van der Waals surface area contributed by atoms with Crippen LogP contribution in [0.25, 0.3) is 0 Å². The van der Waals surface area contributed by atoms with Gasteiger partial charge in [-0.1, -0.05) is 19.1 Å². The molecular formula is C16H27ClN2O. The van der Waals surface area contributed by atoms with E-state index in [9.17, 15) is 0 Å². The lowest BCUT2D eigenvalue weighted by Gasteiger charge is -2.27. The molecule has 0 bridgehead atoms. The molecule has 1 aromatic rings. The quantitative estimate of drug-likeness (QED) is 0.838. The van der Waals surface area contributed by atoms with Gasteiger partial charge in [-0.15, -0.1) is 12.4 Å². The van der Waals surface area contributed by atoms with E-state index in [0.717, 1.165) is 31.3 Å². The largest absolute Gasteiger partial charge is 0.497 e. The van der Waals surface area contributed by atoms with Crippen LogP contribution in [0.4, 0.5) is 0 Å². The van der Waals surface area contributed by atoms with Gasteiger partial charge in [0.05, 0.1) is 7.11 Å². The second-order valence-corrected chi connectivity index (χ2v) is 5.28. The molecule has 1 aliphatic heterocycles. The molecule has 1 heterocycles. The lowest BCUT2D eigenvalue weighted by atomic mass is 10.1. The first kappa shape index (κ1) is 17.3. The van der Waals surface area contributed by atoms with Crippen molar-refractivity contribution in [1.82, 2.24) is 10.2 Å². The maximum absolute atomic E-state index is 5.20. The molecule has 4 heteroatoms. The minimum atomic E-state index is 0. The fraction of sp³-hybridized carbons (Fsp3) is 0.625. The van der Waals surface area contributed by atoms with Gasteiger partial charge in [0.2, 0.25) is 0 Å². The van der Waals surface area contributed by atoms with Crippen LogP contribution in [0.5, 0.6) is 5.75 Å². The Balaban J connectivity index is 0.00000200. The summed E-state index contributed by atoms with van der Waals surface area (Å²) in [5.74, 6) is 0.939. The van der Waals surface area contributed by atoms with E-state index in [1.165, 1.54) is 31.5 Å². The topological polar surface area (TPSA) is 24.5 Å². The molecule has 0 radical (unpaired) electrons. The van der Waals surface area contributed by atoms with Crippen molar-refractivity contribution < 1.29 is 4.74 Å². The van der Waals surface area contributed by atoms with Gasteiger partial charge in [-0.25, -0.2) is 0 Å². The number of nitrogens with zero attached hydrogens (tertiary/aromatic N) is 1. The van der Waals surface area contributed by atoms with Gasteiger partial charge in [0.25, 0.3) is 0 Å². The molecule has 2 rings (SSSR count). The fourth-order valence-electron chi connectivity index (χ4n) is 2.78. The molecule has 1 aliphatic rings. The minimum absolute atomic E-state index is 0. The Morgan fingerprint density at radius 3 is 2.55 bits per heavy atom. The van der Waals surface area contributed by atoms with E-state index >= 15 is 0 Å². The maximum atomic E-state index is 5.20. The zero-order chi connectivity index (χ0) is 13.5. The van der Waals surface area contributed by atoms with E-state index in [4.69, 9.17) is 4.74 Å². The van der Waals surface area contributed by atoms with Crippen molar-refractivity contribution in [3.63, 3.8) is 0 Å². The molecule has 0 saturated carbocycles. The van der Waals surface area contributed by atoms with Crippen LogP contribution >= 0.6 is 12.4 Å². The smallest absolute Gasteiger partial charge is 0.118 e. The first-order chi connectivity index (χ1) is 9.33. The van der Waals surface area contributed by atoms with Crippen LogP contribution in [0.2, 0.25) is 0 Å². The molecule has 114 valence electrons. The predicted molar refractivity (Wildman–Crippen MR) is 87.1 cm³/mol. The molecule has 1 N–H and O–H groups in total. The van der Waals surface area contributed by atoms with Crippen molar-refractivity contribution in [2.45, 2.75) is 32.2 Å². The zero-order valence-electron chi connectivity index (χ0n) is 12.6. The SMILES string of the molecule is CCCN(CCc1ccc(OC)cc1)C1CCNC1.Cl. The minimum Gasteiger partial charge on any atom is -0.497 e. The van der Waals surface area contributed by atoms with Crippen molar-refractivity contribution in [2.24, 2.45) is 0 Å². The average Bonchev–Trinajstić information content (AvgIpc) is 2.98. The summed E-state index contributed by atoms with van der Waals surface area (Å²) in [6, 6.07) is 9.19. The predicted octanol–water partition coefficient (Wildman–Crippen LogP) is 2.73. The third-order valence-corrected chi connectivity index (χ3v) is 3.91. The summed E-state index contributed by atoms with van der Waals surface area (Å²) in [6.07, 6.45) is 3.65. The summed E-state index contributed by atoms with van der Waals surface area (Å²) in [7, 11) is 1.71. The van der Waals surface area contributed by atoms with Gasteiger partial charge in [0.15, 0.2) is 0 Å². The Kier molecular flexibility index (Phi) is 7.97. The normalized spacial score (nSPS) is 18.1. The molecule has 0 aliphatic carbocycles. The highest BCUT2D eigenvalue weighted by atomic mass is 35.5. The van der Waals surface area contributed by atoms with E-state index in [1.54, 1.807) is 7.11 Å². The van der Waals surface area contributed by atoms with Crippen molar-refractivity contribution >= 4 is 12.4 Å². The van der Waals surface area contributed by atoms with Crippen molar-refractivity contribution in [3.05, 3.63) is 29.8 Å². The van der Waals surface area contributed by atoms with Gasteiger partial charge < -0.3 is 10.1 Å². The Morgan fingerprint density at radius 1 is 1.25 bits per heavy atom. The monoisotopic (exact) mass is 298 g/mol. The average molecular weight is 299 g/mol. The van der Waals surface area contributed by atoms with Crippen molar-refractivity contribution in [1.29, 1.82) is 0 Å². The highest BCUT2D eigenvalue weighted by Gasteiger charge is 2.21. The molecular weight excluding hydrogens is 272 g/mol. The number of nitrogens with one attached hydrogen (secondary N) is 1. The highest BCUT2D eigenvalue weighted by molar-refractivity contribution is 5.85. The number of halogens is 1. The Labute approximate surface area is 129 Å². The van der Waals surface area contributed by atoms with Crippen LogP contribution in [-0.4, -0.2) is 44.2 Å². The molecule has 1 unspecified atom stereocenters. The van der Waals surface area contributed by atoms with Gasteiger partial charge in [-0.2, -0.15) is 0 Å². The number of ether oxygens (including phenoxy) is 1. The first-order valence-electron chi connectivity index (χ1n) is 7.41. The van der Waals surface area contributed by atoms with E-state index < -0.39 is 0 Å². The summed E-state index contributed by atoms with van der Waals surface area (Å²) in [5.41, 5.74) is 1.40. The lowest BCUT2D eigenvalue weighted by Crippen LogP contribution is -2.38. The maximum Gasteiger partial charge on any atom is 0.118 e. The third kappa shape index (κ3) is 4.97. The Morgan fingerprint density at radius 2 is 2.00 bits per heavy atom. The molecule has 1 atom stereocenters. The fourth-order valence-corrected chi connectivity index (χ4v) is 2.78. The van der Waals surface area contributed by atoms with E-state index in [-0.39, 0.29) is 12.4 Å². The second kappa shape index (κ2) is 9.22. The van der Waals surface area contributed by atoms with Crippen molar-refractivity contribution in [2.75, 3.05) is 33.3 Å². The zero-order valence-corrected chi connectivity index (χ0v) is 13.4. The summed E-state index contributed by atoms with van der Waals surface area (Å²) in [4.78, 5) is 2.64. The molecule has 0 amide bonds. The highest BCUT2D eigenvalue weighted by Crippen LogP contribution is 2.14. The molecule has 0 spiro atoms. The van der Waals surface area contributed by atoms with Crippen LogP contribution in [-0.2, 0) is 6.42 Å². The molecule has 0 aromatic heterocycles. The Hall–Kier alpha value is -0.770. The number of hydrogen-bond acceptors (Lipinski definition) is 3. The van der Waals surface area contributed by atoms with E-state index in [1.807, 2.05) is 0 Å². The van der Waals surface area contributed by atoms with Crippen LogP contribution in [0.3, 0.4) is 0 Å². The molecule has 20 heavy (non-hydrogen) atoms. The van der Waals surface area contributed by atoms with E-state index in [0.29, 0.717) is 0 Å².